The third-order valence-electron chi connectivity index (χ3n) is 3.01. The van der Waals surface area contributed by atoms with Crippen LogP contribution in [0.4, 0.5) is 5.82 Å². The van der Waals surface area contributed by atoms with Crippen molar-refractivity contribution in [2.24, 2.45) is 0 Å². The van der Waals surface area contributed by atoms with Gasteiger partial charge in [-0.25, -0.2) is 0 Å². The van der Waals surface area contributed by atoms with Crippen LogP contribution in [0.25, 0.3) is 11.3 Å². The monoisotopic (exact) mass is 287 g/mol. The van der Waals surface area contributed by atoms with Gasteiger partial charge in [-0.3, -0.25) is 4.79 Å². The average Bonchev–Trinajstić information content (AvgIpc) is 2.45. The van der Waals surface area contributed by atoms with E-state index in [9.17, 15) is 9.90 Å². The first-order valence-corrected chi connectivity index (χ1v) is 6.65. The number of aromatic hydroxyl groups is 1. The Kier molecular flexibility index (Phi) is 4.71. The lowest BCUT2D eigenvalue weighted by atomic mass is 10.1. The van der Waals surface area contributed by atoms with Crippen LogP contribution in [-0.2, 0) is 4.79 Å². The summed E-state index contributed by atoms with van der Waals surface area (Å²) in [7, 11) is 0. The number of rotatable bonds is 6. The summed E-state index contributed by atoms with van der Waals surface area (Å²) < 4.78 is 0. The zero-order valence-corrected chi connectivity index (χ0v) is 11.7. The molecule has 0 radical (unpaired) electrons. The van der Waals surface area contributed by atoms with Crippen molar-refractivity contribution in [2.75, 3.05) is 11.9 Å². The van der Waals surface area contributed by atoms with Gasteiger partial charge in [0.25, 0.3) is 0 Å². The van der Waals surface area contributed by atoms with E-state index < -0.39 is 5.97 Å². The van der Waals surface area contributed by atoms with Crippen LogP contribution in [0.2, 0.25) is 0 Å². The quantitative estimate of drug-likeness (QED) is 0.706. The van der Waals surface area contributed by atoms with Crippen molar-refractivity contribution < 1.29 is 15.0 Å². The molecule has 0 unspecified atom stereocenters. The van der Waals surface area contributed by atoms with E-state index in [0.717, 1.165) is 16.8 Å². The lowest BCUT2D eigenvalue weighted by molar-refractivity contribution is -0.137. The number of aliphatic carboxylic acids is 1. The molecule has 0 aliphatic rings. The molecule has 0 spiro atoms. The molecule has 0 saturated carbocycles. The zero-order valence-electron chi connectivity index (χ0n) is 11.7. The van der Waals surface area contributed by atoms with E-state index in [1.54, 1.807) is 24.3 Å². The molecular formula is C15H17N3O3. The summed E-state index contributed by atoms with van der Waals surface area (Å²) in [4.78, 5) is 10.4. The molecule has 0 amide bonds. The van der Waals surface area contributed by atoms with Crippen LogP contribution in [0.15, 0.2) is 30.3 Å². The molecule has 0 aliphatic carbocycles. The van der Waals surface area contributed by atoms with Crippen LogP contribution in [0, 0.1) is 6.92 Å². The van der Waals surface area contributed by atoms with E-state index in [-0.39, 0.29) is 12.2 Å². The summed E-state index contributed by atoms with van der Waals surface area (Å²) in [6, 6.07) is 8.66. The number of aromatic nitrogens is 2. The molecule has 0 saturated heterocycles. The van der Waals surface area contributed by atoms with Crippen molar-refractivity contribution in [1.82, 2.24) is 10.2 Å². The number of hydrogen-bond donors (Lipinski definition) is 3. The standard InChI is InChI=1S/C15H17N3O3/c1-10-9-13(11-4-6-12(19)7-5-11)17-18-15(10)16-8-2-3-14(20)21/h4-7,9,19H,2-3,8H2,1H3,(H,16,18)(H,20,21). The fourth-order valence-corrected chi connectivity index (χ4v) is 1.88. The van der Waals surface area contributed by atoms with Crippen LogP contribution in [0.5, 0.6) is 5.75 Å². The highest BCUT2D eigenvalue weighted by Gasteiger charge is 2.06. The summed E-state index contributed by atoms with van der Waals surface area (Å²) in [5.74, 6) is 0.0605. The number of aryl methyl sites for hydroxylation is 1. The van der Waals surface area contributed by atoms with Crippen molar-refractivity contribution in [2.45, 2.75) is 19.8 Å². The van der Waals surface area contributed by atoms with Gasteiger partial charge in [-0.05, 0) is 49.2 Å². The Morgan fingerprint density at radius 1 is 1.24 bits per heavy atom. The third-order valence-corrected chi connectivity index (χ3v) is 3.01. The lowest BCUT2D eigenvalue weighted by Crippen LogP contribution is -2.08. The van der Waals surface area contributed by atoms with Gasteiger partial charge in [-0.1, -0.05) is 0 Å². The van der Waals surface area contributed by atoms with Gasteiger partial charge in [0, 0.05) is 18.5 Å². The van der Waals surface area contributed by atoms with Gasteiger partial charge in [0.2, 0.25) is 0 Å². The van der Waals surface area contributed by atoms with Gasteiger partial charge in [0.05, 0.1) is 5.69 Å². The SMILES string of the molecule is Cc1cc(-c2ccc(O)cc2)nnc1NCCCC(=O)O. The predicted octanol–water partition coefficient (Wildman–Crippen LogP) is 2.43. The molecule has 3 N–H and O–H groups in total. The molecule has 2 rings (SSSR count). The Labute approximate surface area is 122 Å². The summed E-state index contributed by atoms with van der Waals surface area (Å²) in [6.07, 6.45) is 0.668. The van der Waals surface area contributed by atoms with Crippen LogP contribution >= 0.6 is 0 Å². The second-order valence-corrected chi connectivity index (χ2v) is 4.73. The first kappa shape index (κ1) is 14.8. The minimum atomic E-state index is -0.803. The van der Waals surface area contributed by atoms with E-state index in [1.165, 1.54) is 0 Å². The molecule has 1 aromatic carbocycles. The Hall–Kier alpha value is -2.63. The Morgan fingerprint density at radius 2 is 1.95 bits per heavy atom. The highest BCUT2D eigenvalue weighted by atomic mass is 16.4. The summed E-state index contributed by atoms with van der Waals surface area (Å²) in [6.45, 7) is 2.46. The van der Waals surface area contributed by atoms with Crippen LogP contribution < -0.4 is 5.32 Å². The Bertz CT molecular complexity index is 627. The maximum Gasteiger partial charge on any atom is 0.303 e. The summed E-state index contributed by atoms with van der Waals surface area (Å²) >= 11 is 0. The smallest absolute Gasteiger partial charge is 0.303 e. The first-order chi connectivity index (χ1) is 10.1. The van der Waals surface area contributed by atoms with E-state index >= 15 is 0 Å². The Morgan fingerprint density at radius 3 is 2.57 bits per heavy atom. The highest BCUT2D eigenvalue weighted by molar-refractivity contribution is 5.66. The fourth-order valence-electron chi connectivity index (χ4n) is 1.88. The zero-order chi connectivity index (χ0) is 15.2. The third kappa shape index (κ3) is 4.17. The molecular weight excluding hydrogens is 270 g/mol. The first-order valence-electron chi connectivity index (χ1n) is 6.65. The summed E-state index contributed by atoms with van der Waals surface area (Å²) in [5.41, 5.74) is 2.54. The van der Waals surface area contributed by atoms with Gasteiger partial charge >= 0.3 is 5.97 Å². The number of phenolic OH excluding ortho intramolecular Hbond substituents is 1. The molecule has 2 aromatic rings. The molecule has 0 atom stereocenters. The lowest BCUT2D eigenvalue weighted by Gasteiger charge is -2.08. The van der Waals surface area contributed by atoms with Crippen molar-refractivity contribution in [3.63, 3.8) is 0 Å². The second-order valence-electron chi connectivity index (χ2n) is 4.73. The van der Waals surface area contributed by atoms with Gasteiger partial charge in [0.15, 0.2) is 5.82 Å². The Balaban J connectivity index is 2.03. The largest absolute Gasteiger partial charge is 0.508 e. The van der Waals surface area contributed by atoms with Crippen LogP contribution in [-0.4, -0.2) is 32.9 Å². The van der Waals surface area contributed by atoms with Gasteiger partial charge < -0.3 is 15.5 Å². The summed E-state index contributed by atoms with van der Waals surface area (Å²) in [5, 5.41) is 29.2. The predicted molar refractivity (Wildman–Crippen MR) is 79.2 cm³/mol. The number of carboxylic acid groups (broad SMARTS) is 1. The number of carbonyl (C=O) groups is 1. The van der Waals surface area contributed by atoms with E-state index in [4.69, 9.17) is 5.11 Å². The maximum absolute atomic E-state index is 10.4. The minimum Gasteiger partial charge on any atom is -0.508 e. The number of anilines is 1. The number of hydrogen-bond acceptors (Lipinski definition) is 5. The number of benzene rings is 1. The molecule has 1 heterocycles. The van der Waals surface area contributed by atoms with E-state index in [1.807, 2.05) is 13.0 Å². The number of phenols is 1. The maximum atomic E-state index is 10.4. The molecule has 21 heavy (non-hydrogen) atoms. The fraction of sp³-hybridized carbons (Fsp3) is 0.267. The molecule has 0 bridgehead atoms. The van der Waals surface area contributed by atoms with Crippen LogP contribution in [0.3, 0.4) is 0 Å². The average molecular weight is 287 g/mol. The van der Waals surface area contributed by atoms with Crippen molar-refractivity contribution in [1.29, 1.82) is 0 Å². The topological polar surface area (TPSA) is 95.3 Å². The number of nitrogens with one attached hydrogen (secondary N) is 1. The molecule has 6 nitrogen and oxygen atoms in total. The minimum absolute atomic E-state index is 0.130. The van der Waals surface area contributed by atoms with Gasteiger partial charge in [-0.15, -0.1) is 10.2 Å². The molecule has 0 fully saturated rings. The van der Waals surface area contributed by atoms with Crippen molar-refractivity contribution >= 4 is 11.8 Å². The van der Waals surface area contributed by atoms with E-state index in [0.29, 0.717) is 18.8 Å². The number of nitrogens with zero attached hydrogens (tertiary/aromatic N) is 2. The van der Waals surface area contributed by atoms with E-state index in [2.05, 4.69) is 15.5 Å². The molecule has 110 valence electrons. The normalized spacial score (nSPS) is 10.3. The van der Waals surface area contributed by atoms with Gasteiger partial charge in [-0.2, -0.15) is 0 Å². The van der Waals surface area contributed by atoms with Crippen molar-refractivity contribution in [3.8, 4) is 17.0 Å². The number of carboxylic acids is 1. The molecule has 0 aliphatic heterocycles. The van der Waals surface area contributed by atoms with Gasteiger partial charge in [0.1, 0.15) is 5.75 Å². The molecule has 1 aromatic heterocycles. The van der Waals surface area contributed by atoms with Crippen molar-refractivity contribution in [3.05, 3.63) is 35.9 Å². The highest BCUT2D eigenvalue weighted by Crippen LogP contribution is 2.22. The van der Waals surface area contributed by atoms with Crippen LogP contribution in [0.1, 0.15) is 18.4 Å². The second kappa shape index (κ2) is 6.69. The molecule has 6 heteroatoms.